The molecule has 2 nitrogen and oxygen atoms in total. The third kappa shape index (κ3) is 2.05. The van der Waals surface area contributed by atoms with Crippen LogP contribution in [0.5, 0.6) is 0 Å². The molecular formula is C15H11F3N2. The maximum Gasteiger partial charge on any atom is 0.416 e. The fourth-order valence-corrected chi connectivity index (χ4v) is 2.21. The van der Waals surface area contributed by atoms with Gasteiger partial charge in [-0.15, -0.1) is 0 Å². The molecule has 0 amide bonds. The number of imidazole rings is 1. The van der Waals surface area contributed by atoms with Gasteiger partial charge in [0.2, 0.25) is 0 Å². The molecule has 2 aromatic heterocycles. The SMILES string of the molecule is Cc1cccn2c(-c3cccc(C(F)(F)F)c3)ncc12. The minimum absolute atomic E-state index is 0.449. The number of nitrogens with zero attached hydrogens (tertiary/aromatic N) is 2. The van der Waals surface area contributed by atoms with Crippen molar-refractivity contribution in [3.63, 3.8) is 0 Å². The largest absolute Gasteiger partial charge is 0.416 e. The van der Waals surface area contributed by atoms with Crippen molar-refractivity contribution in [3.05, 3.63) is 59.9 Å². The van der Waals surface area contributed by atoms with Crippen LogP contribution in [0.1, 0.15) is 11.1 Å². The monoisotopic (exact) mass is 276 g/mol. The van der Waals surface area contributed by atoms with E-state index in [1.165, 1.54) is 6.07 Å². The highest BCUT2D eigenvalue weighted by Crippen LogP contribution is 2.32. The minimum Gasteiger partial charge on any atom is -0.300 e. The van der Waals surface area contributed by atoms with E-state index in [2.05, 4.69) is 4.98 Å². The standard InChI is InChI=1S/C15H11F3N2/c1-10-4-3-7-20-13(10)9-19-14(20)11-5-2-6-12(8-11)15(16,17)18/h2-9H,1H3. The minimum atomic E-state index is -4.35. The Morgan fingerprint density at radius 2 is 1.90 bits per heavy atom. The van der Waals surface area contributed by atoms with Gasteiger partial charge in [-0.3, -0.25) is 4.40 Å². The lowest BCUT2D eigenvalue weighted by molar-refractivity contribution is -0.137. The van der Waals surface area contributed by atoms with E-state index in [9.17, 15) is 13.2 Å². The Labute approximate surface area is 113 Å². The first-order valence-corrected chi connectivity index (χ1v) is 6.07. The van der Waals surface area contributed by atoms with Crippen molar-refractivity contribution in [3.8, 4) is 11.4 Å². The average molecular weight is 276 g/mol. The van der Waals surface area contributed by atoms with E-state index in [-0.39, 0.29) is 0 Å². The van der Waals surface area contributed by atoms with E-state index < -0.39 is 11.7 Å². The Morgan fingerprint density at radius 1 is 1.10 bits per heavy atom. The first-order valence-electron chi connectivity index (χ1n) is 6.07. The van der Waals surface area contributed by atoms with Gasteiger partial charge < -0.3 is 0 Å². The molecular weight excluding hydrogens is 265 g/mol. The molecule has 0 saturated carbocycles. The van der Waals surface area contributed by atoms with Crippen LogP contribution in [0.15, 0.2) is 48.8 Å². The lowest BCUT2D eigenvalue weighted by Crippen LogP contribution is -2.04. The van der Waals surface area contributed by atoms with E-state index >= 15 is 0 Å². The second-order valence-electron chi connectivity index (χ2n) is 4.61. The first-order chi connectivity index (χ1) is 9.47. The molecule has 0 aliphatic heterocycles. The van der Waals surface area contributed by atoms with Crippen molar-refractivity contribution in [1.82, 2.24) is 9.38 Å². The van der Waals surface area contributed by atoms with Crippen LogP contribution in [-0.2, 0) is 6.18 Å². The second kappa shape index (κ2) is 4.37. The number of benzene rings is 1. The van der Waals surface area contributed by atoms with Crippen molar-refractivity contribution < 1.29 is 13.2 Å². The molecule has 0 spiro atoms. The summed E-state index contributed by atoms with van der Waals surface area (Å²) in [6, 6.07) is 9.00. The van der Waals surface area contributed by atoms with Crippen molar-refractivity contribution in [1.29, 1.82) is 0 Å². The second-order valence-corrected chi connectivity index (χ2v) is 4.61. The van der Waals surface area contributed by atoms with Crippen molar-refractivity contribution in [2.24, 2.45) is 0 Å². The van der Waals surface area contributed by atoms with E-state index in [0.717, 1.165) is 23.2 Å². The number of hydrogen-bond donors (Lipinski definition) is 0. The summed E-state index contributed by atoms with van der Waals surface area (Å²) in [5.74, 6) is 0.509. The molecule has 0 unspecified atom stereocenters. The Balaban J connectivity index is 2.19. The Hall–Kier alpha value is -2.30. The van der Waals surface area contributed by atoms with Gasteiger partial charge in [-0.1, -0.05) is 18.2 Å². The molecule has 0 aliphatic rings. The lowest BCUT2D eigenvalue weighted by atomic mass is 10.1. The van der Waals surface area contributed by atoms with Crippen molar-refractivity contribution in [2.45, 2.75) is 13.1 Å². The summed E-state index contributed by atoms with van der Waals surface area (Å²) in [6.07, 6.45) is -0.880. The fourth-order valence-electron chi connectivity index (χ4n) is 2.21. The van der Waals surface area contributed by atoms with Crippen LogP contribution in [0.3, 0.4) is 0 Å². The molecule has 0 radical (unpaired) electrons. The molecule has 20 heavy (non-hydrogen) atoms. The summed E-state index contributed by atoms with van der Waals surface area (Å²) in [7, 11) is 0. The number of hydrogen-bond acceptors (Lipinski definition) is 1. The molecule has 0 atom stereocenters. The molecule has 0 saturated heterocycles. The van der Waals surface area contributed by atoms with E-state index in [1.807, 2.05) is 19.1 Å². The Bertz CT molecular complexity index is 772. The molecule has 2 heterocycles. The van der Waals surface area contributed by atoms with Gasteiger partial charge >= 0.3 is 6.18 Å². The normalized spacial score (nSPS) is 12.0. The average Bonchev–Trinajstić information content (AvgIpc) is 2.83. The number of alkyl halides is 3. The summed E-state index contributed by atoms with van der Waals surface area (Å²) in [5, 5.41) is 0. The number of aromatic nitrogens is 2. The van der Waals surface area contributed by atoms with Gasteiger partial charge in [-0.2, -0.15) is 13.2 Å². The summed E-state index contributed by atoms with van der Waals surface area (Å²) < 4.78 is 40.1. The zero-order valence-electron chi connectivity index (χ0n) is 10.6. The van der Waals surface area contributed by atoms with Crippen LogP contribution in [-0.4, -0.2) is 9.38 Å². The highest BCUT2D eigenvalue weighted by Gasteiger charge is 2.30. The van der Waals surface area contributed by atoms with Crippen LogP contribution in [0, 0.1) is 6.92 Å². The third-order valence-corrected chi connectivity index (χ3v) is 3.23. The predicted octanol–water partition coefficient (Wildman–Crippen LogP) is 4.33. The topological polar surface area (TPSA) is 17.3 Å². The first kappa shape index (κ1) is 12.7. The third-order valence-electron chi connectivity index (χ3n) is 3.23. The molecule has 0 bridgehead atoms. The van der Waals surface area contributed by atoms with Gasteiger partial charge in [-0.05, 0) is 30.7 Å². The van der Waals surface area contributed by atoms with Gasteiger partial charge in [0, 0.05) is 11.8 Å². The predicted molar refractivity (Wildman–Crippen MR) is 70.4 cm³/mol. The molecule has 0 aliphatic carbocycles. The van der Waals surface area contributed by atoms with E-state index in [4.69, 9.17) is 0 Å². The molecule has 5 heteroatoms. The van der Waals surface area contributed by atoms with Crippen LogP contribution in [0.25, 0.3) is 16.9 Å². The molecule has 0 N–H and O–H groups in total. The smallest absolute Gasteiger partial charge is 0.300 e. The Kier molecular flexibility index (Phi) is 2.78. The zero-order chi connectivity index (χ0) is 14.3. The number of pyridine rings is 1. The summed E-state index contributed by atoms with van der Waals surface area (Å²) in [6.45, 7) is 1.94. The van der Waals surface area contributed by atoms with E-state index in [0.29, 0.717) is 11.4 Å². The van der Waals surface area contributed by atoms with Gasteiger partial charge in [0.1, 0.15) is 5.82 Å². The van der Waals surface area contributed by atoms with E-state index in [1.54, 1.807) is 22.9 Å². The zero-order valence-corrected chi connectivity index (χ0v) is 10.6. The summed E-state index contributed by atoms with van der Waals surface area (Å²) >= 11 is 0. The van der Waals surface area contributed by atoms with Gasteiger partial charge in [0.15, 0.2) is 0 Å². The molecule has 102 valence electrons. The van der Waals surface area contributed by atoms with Crippen LogP contribution in [0.2, 0.25) is 0 Å². The Morgan fingerprint density at radius 3 is 2.65 bits per heavy atom. The molecule has 3 aromatic rings. The van der Waals surface area contributed by atoms with Gasteiger partial charge in [-0.25, -0.2) is 4.98 Å². The molecule has 3 rings (SSSR count). The molecule has 0 fully saturated rings. The van der Waals surface area contributed by atoms with Gasteiger partial charge in [0.25, 0.3) is 0 Å². The van der Waals surface area contributed by atoms with Crippen LogP contribution in [0.4, 0.5) is 13.2 Å². The number of halogens is 3. The summed E-state index contributed by atoms with van der Waals surface area (Å²) in [4.78, 5) is 4.25. The fraction of sp³-hybridized carbons (Fsp3) is 0.133. The lowest BCUT2D eigenvalue weighted by Gasteiger charge is -2.08. The van der Waals surface area contributed by atoms with Crippen molar-refractivity contribution in [2.75, 3.05) is 0 Å². The number of aryl methyl sites for hydroxylation is 1. The number of rotatable bonds is 1. The maximum atomic E-state index is 12.8. The molecule has 1 aromatic carbocycles. The highest BCUT2D eigenvalue weighted by molar-refractivity contribution is 5.65. The maximum absolute atomic E-state index is 12.8. The van der Waals surface area contributed by atoms with Crippen LogP contribution >= 0.6 is 0 Å². The van der Waals surface area contributed by atoms with Gasteiger partial charge in [0.05, 0.1) is 17.3 Å². The summed E-state index contributed by atoms with van der Waals surface area (Å²) in [5.41, 5.74) is 1.70. The number of fused-ring (bicyclic) bond motifs is 1. The van der Waals surface area contributed by atoms with Crippen LogP contribution < -0.4 is 0 Å². The van der Waals surface area contributed by atoms with Crippen molar-refractivity contribution >= 4 is 5.52 Å². The quantitative estimate of drug-likeness (QED) is 0.646. The highest BCUT2D eigenvalue weighted by atomic mass is 19.4.